The van der Waals surface area contributed by atoms with Crippen molar-refractivity contribution in [1.82, 2.24) is 10.6 Å². The van der Waals surface area contributed by atoms with Crippen LogP contribution in [-0.2, 0) is 9.59 Å². The molecule has 0 radical (unpaired) electrons. The number of amides is 2. The molecular formula is C13H26N4O3. The van der Waals surface area contributed by atoms with E-state index in [1.807, 2.05) is 20.8 Å². The van der Waals surface area contributed by atoms with E-state index in [-0.39, 0.29) is 11.7 Å². The predicted molar refractivity (Wildman–Crippen MR) is 77.3 cm³/mol. The fourth-order valence-corrected chi connectivity index (χ4v) is 1.61. The molecule has 0 aromatic carbocycles. The van der Waals surface area contributed by atoms with E-state index in [1.54, 1.807) is 6.92 Å². The molecule has 2 unspecified atom stereocenters. The summed E-state index contributed by atoms with van der Waals surface area (Å²) in [6, 6.07) is -0.660. The number of hydrogen-bond donors (Lipinski definition) is 4. The molecule has 0 aliphatic heterocycles. The molecule has 0 saturated heterocycles. The van der Waals surface area contributed by atoms with Gasteiger partial charge in [-0.25, -0.2) is 0 Å². The van der Waals surface area contributed by atoms with Crippen molar-refractivity contribution < 1.29 is 14.8 Å². The van der Waals surface area contributed by atoms with Crippen molar-refractivity contribution in [2.75, 3.05) is 6.54 Å². The van der Waals surface area contributed by atoms with Gasteiger partial charge in [-0.1, -0.05) is 32.3 Å². The van der Waals surface area contributed by atoms with Crippen LogP contribution in [0.2, 0.25) is 0 Å². The monoisotopic (exact) mass is 286 g/mol. The fraction of sp³-hybridized carbons (Fsp3) is 0.769. The second-order valence-electron chi connectivity index (χ2n) is 5.24. The van der Waals surface area contributed by atoms with Gasteiger partial charge in [0, 0.05) is 6.54 Å². The van der Waals surface area contributed by atoms with E-state index in [0.29, 0.717) is 25.3 Å². The number of amidine groups is 1. The molecule has 0 aliphatic rings. The van der Waals surface area contributed by atoms with Crippen LogP contribution in [0.3, 0.4) is 0 Å². The van der Waals surface area contributed by atoms with Crippen molar-refractivity contribution in [3.05, 3.63) is 0 Å². The van der Waals surface area contributed by atoms with Gasteiger partial charge in [0.2, 0.25) is 11.8 Å². The molecule has 0 saturated carbocycles. The Morgan fingerprint density at radius 1 is 1.25 bits per heavy atom. The number of carbonyl (C=O) groups is 2. The van der Waals surface area contributed by atoms with Gasteiger partial charge in [0.05, 0.1) is 5.92 Å². The lowest BCUT2D eigenvalue weighted by Gasteiger charge is -2.19. The fourth-order valence-electron chi connectivity index (χ4n) is 1.61. The second kappa shape index (κ2) is 9.17. The molecule has 0 fully saturated rings. The van der Waals surface area contributed by atoms with Gasteiger partial charge in [-0.2, -0.15) is 0 Å². The van der Waals surface area contributed by atoms with E-state index >= 15 is 0 Å². The molecular weight excluding hydrogens is 260 g/mol. The largest absolute Gasteiger partial charge is 0.409 e. The highest BCUT2D eigenvalue weighted by Gasteiger charge is 2.25. The van der Waals surface area contributed by atoms with E-state index < -0.39 is 17.9 Å². The number of nitrogens with two attached hydrogens (primary N) is 1. The number of carbonyl (C=O) groups excluding carboxylic acids is 2. The highest BCUT2D eigenvalue weighted by molar-refractivity contribution is 6.03. The zero-order valence-electron chi connectivity index (χ0n) is 12.6. The summed E-state index contributed by atoms with van der Waals surface area (Å²) in [5, 5.41) is 16.9. The maximum Gasteiger partial charge on any atom is 0.242 e. The van der Waals surface area contributed by atoms with Crippen molar-refractivity contribution >= 4 is 17.6 Å². The standard InChI is InChI=1S/C13H26N4O3/c1-5-6-10(11(14)17-20)13(19)16-9(4)12(18)15-7-8(2)3/h8-10,20H,5-7H2,1-4H3,(H2,14,17)(H,15,18)(H,16,19). The van der Waals surface area contributed by atoms with Crippen molar-refractivity contribution in [3.63, 3.8) is 0 Å². The third kappa shape index (κ3) is 6.40. The van der Waals surface area contributed by atoms with Crippen molar-refractivity contribution in [3.8, 4) is 0 Å². The molecule has 7 heteroatoms. The summed E-state index contributed by atoms with van der Waals surface area (Å²) >= 11 is 0. The summed E-state index contributed by atoms with van der Waals surface area (Å²) < 4.78 is 0. The maximum atomic E-state index is 12.0. The Balaban J connectivity index is 4.51. The Labute approximate surface area is 120 Å². The Kier molecular flexibility index (Phi) is 8.35. The average molecular weight is 286 g/mol. The van der Waals surface area contributed by atoms with Crippen LogP contribution in [0.4, 0.5) is 0 Å². The number of hydrogen-bond acceptors (Lipinski definition) is 4. The number of rotatable bonds is 8. The molecule has 7 nitrogen and oxygen atoms in total. The van der Waals surface area contributed by atoms with Gasteiger partial charge < -0.3 is 21.6 Å². The minimum absolute atomic E-state index is 0.140. The first-order chi connectivity index (χ1) is 9.33. The van der Waals surface area contributed by atoms with Crippen LogP contribution in [0.1, 0.15) is 40.5 Å². The molecule has 0 aromatic rings. The highest BCUT2D eigenvalue weighted by atomic mass is 16.4. The Bertz CT molecular complexity index is 356. The van der Waals surface area contributed by atoms with Gasteiger partial charge in [-0.15, -0.1) is 0 Å². The SMILES string of the molecule is CCCC(C(=O)NC(C)C(=O)NCC(C)C)C(N)=NO. The summed E-state index contributed by atoms with van der Waals surface area (Å²) in [7, 11) is 0. The number of nitrogens with one attached hydrogen (secondary N) is 2. The zero-order chi connectivity index (χ0) is 15.7. The van der Waals surface area contributed by atoms with Crippen LogP contribution in [0.15, 0.2) is 5.16 Å². The molecule has 0 spiro atoms. The molecule has 116 valence electrons. The normalized spacial score (nSPS) is 14.8. The van der Waals surface area contributed by atoms with Crippen LogP contribution in [0.25, 0.3) is 0 Å². The molecule has 5 N–H and O–H groups in total. The molecule has 0 rings (SSSR count). The van der Waals surface area contributed by atoms with E-state index in [0.717, 1.165) is 0 Å². The van der Waals surface area contributed by atoms with Crippen molar-refractivity contribution in [2.45, 2.75) is 46.6 Å². The summed E-state index contributed by atoms with van der Waals surface area (Å²) in [6.45, 7) is 8.02. The van der Waals surface area contributed by atoms with Gasteiger partial charge in [0.15, 0.2) is 5.84 Å². The van der Waals surface area contributed by atoms with Crippen molar-refractivity contribution in [2.24, 2.45) is 22.7 Å². The first-order valence-electron chi connectivity index (χ1n) is 6.88. The van der Waals surface area contributed by atoms with Gasteiger partial charge in [-0.3, -0.25) is 9.59 Å². The maximum absolute atomic E-state index is 12.0. The summed E-state index contributed by atoms with van der Waals surface area (Å²) in [4.78, 5) is 23.8. The molecule has 2 amide bonds. The van der Waals surface area contributed by atoms with Gasteiger partial charge in [0.1, 0.15) is 6.04 Å². The lowest BCUT2D eigenvalue weighted by Crippen LogP contribution is -2.49. The molecule has 0 aromatic heterocycles. The number of nitrogens with zero attached hydrogens (tertiary/aromatic N) is 1. The third-order valence-electron chi connectivity index (χ3n) is 2.80. The van der Waals surface area contributed by atoms with Crippen LogP contribution >= 0.6 is 0 Å². The van der Waals surface area contributed by atoms with Crippen LogP contribution in [-0.4, -0.2) is 35.4 Å². The second-order valence-corrected chi connectivity index (χ2v) is 5.24. The van der Waals surface area contributed by atoms with Gasteiger partial charge in [-0.05, 0) is 19.3 Å². The quantitative estimate of drug-likeness (QED) is 0.224. The lowest BCUT2D eigenvalue weighted by molar-refractivity contribution is -0.129. The molecule has 2 atom stereocenters. The summed E-state index contributed by atoms with van der Waals surface area (Å²) in [6.07, 6.45) is 1.17. The van der Waals surface area contributed by atoms with Gasteiger partial charge >= 0.3 is 0 Å². The number of oxime groups is 1. The summed E-state index contributed by atoms with van der Waals surface area (Å²) in [5.74, 6) is -1.17. The highest BCUT2D eigenvalue weighted by Crippen LogP contribution is 2.07. The predicted octanol–water partition coefficient (Wildman–Crippen LogP) is 0.426. The van der Waals surface area contributed by atoms with Crippen LogP contribution in [0, 0.1) is 11.8 Å². The Hall–Kier alpha value is -1.79. The molecule has 0 bridgehead atoms. The van der Waals surface area contributed by atoms with Crippen LogP contribution < -0.4 is 16.4 Å². The van der Waals surface area contributed by atoms with E-state index in [4.69, 9.17) is 10.9 Å². The first-order valence-corrected chi connectivity index (χ1v) is 6.88. The lowest BCUT2D eigenvalue weighted by atomic mass is 10.0. The average Bonchev–Trinajstić information content (AvgIpc) is 2.40. The van der Waals surface area contributed by atoms with Crippen molar-refractivity contribution in [1.29, 1.82) is 0 Å². The first kappa shape index (κ1) is 18.2. The molecule has 20 heavy (non-hydrogen) atoms. The summed E-state index contributed by atoms with van der Waals surface area (Å²) in [5.41, 5.74) is 5.49. The van der Waals surface area contributed by atoms with E-state index in [9.17, 15) is 9.59 Å². The van der Waals surface area contributed by atoms with Gasteiger partial charge in [0.25, 0.3) is 0 Å². The minimum atomic E-state index is -0.717. The topological polar surface area (TPSA) is 117 Å². The van der Waals surface area contributed by atoms with Crippen LogP contribution in [0.5, 0.6) is 0 Å². The molecule has 0 aliphatic carbocycles. The molecule has 0 heterocycles. The Morgan fingerprint density at radius 2 is 1.85 bits per heavy atom. The smallest absolute Gasteiger partial charge is 0.242 e. The van der Waals surface area contributed by atoms with E-state index in [2.05, 4.69) is 15.8 Å². The zero-order valence-corrected chi connectivity index (χ0v) is 12.6. The Morgan fingerprint density at radius 3 is 2.30 bits per heavy atom. The minimum Gasteiger partial charge on any atom is -0.409 e. The third-order valence-corrected chi connectivity index (χ3v) is 2.80. The van der Waals surface area contributed by atoms with E-state index in [1.165, 1.54) is 0 Å².